The van der Waals surface area contributed by atoms with Crippen LogP contribution >= 0.6 is 11.8 Å². The molecule has 0 aliphatic rings. The highest BCUT2D eigenvalue weighted by atomic mass is 32.2. The first-order valence-corrected chi connectivity index (χ1v) is 8.44. The summed E-state index contributed by atoms with van der Waals surface area (Å²) in [7, 11) is 0. The van der Waals surface area contributed by atoms with Gasteiger partial charge in [-0.25, -0.2) is 0 Å². The van der Waals surface area contributed by atoms with Gasteiger partial charge in [0.2, 0.25) is 0 Å². The molecule has 0 aliphatic carbocycles. The zero-order chi connectivity index (χ0) is 14.3. The van der Waals surface area contributed by atoms with Crippen LogP contribution in [0.2, 0.25) is 0 Å². The van der Waals surface area contributed by atoms with Crippen molar-refractivity contribution in [2.24, 2.45) is 0 Å². The molecule has 0 saturated carbocycles. The predicted octanol–water partition coefficient (Wildman–Crippen LogP) is 4.34. The van der Waals surface area contributed by atoms with Crippen molar-refractivity contribution in [3.8, 4) is 0 Å². The van der Waals surface area contributed by atoms with Crippen molar-refractivity contribution < 1.29 is 14.3 Å². The second-order valence-corrected chi connectivity index (χ2v) is 6.00. The van der Waals surface area contributed by atoms with E-state index in [2.05, 4.69) is 0 Å². The molecule has 4 heteroatoms. The summed E-state index contributed by atoms with van der Waals surface area (Å²) in [4.78, 5) is 21.8. The molecule has 0 aromatic rings. The average Bonchev–Trinajstić information content (AvgIpc) is 2.36. The summed E-state index contributed by atoms with van der Waals surface area (Å²) in [6, 6.07) is 0. The molecule has 19 heavy (non-hydrogen) atoms. The van der Waals surface area contributed by atoms with Crippen molar-refractivity contribution in [3.05, 3.63) is 0 Å². The Hall–Kier alpha value is -0.510. The van der Waals surface area contributed by atoms with Crippen molar-refractivity contribution in [2.75, 3.05) is 12.4 Å². The largest absolute Gasteiger partial charge is 0.466 e. The van der Waals surface area contributed by atoms with Gasteiger partial charge in [-0.1, -0.05) is 50.3 Å². The van der Waals surface area contributed by atoms with Crippen LogP contribution in [0.5, 0.6) is 0 Å². The van der Waals surface area contributed by atoms with E-state index in [0.29, 0.717) is 13.0 Å². The lowest BCUT2D eigenvalue weighted by Crippen LogP contribution is -2.03. The Balaban J connectivity index is 3.06. The fourth-order valence-corrected chi connectivity index (χ4v) is 2.52. The van der Waals surface area contributed by atoms with E-state index in [1.807, 2.05) is 6.92 Å². The minimum absolute atomic E-state index is 0.0644. The molecule has 112 valence electrons. The van der Waals surface area contributed by atoms with Gasteiger partial charge in [-0.15, -0.1) is 0 Å². The Kier molecular flexibility index (Phi) is 13.5. The number of esters is 1. The van der Waals surface area contributed by atoms with Crippen LogP contribution in [0.4, 0.5) is 0 Å². The second kappa shape index (κ2) is 13.9. The average molecular weight is 288 g/mol. The number of rotatable bonds is 12. The third-order valence-corrected chi connectivity index (χ3v) is 3.79. The Morgan fingerprint density at radius 1 is 0.895 bits per heavy atom. The van der Waals surface area contributed by atoms with Gasteiger partial charge in [0, 0.05) is 19.1 Å². The molecule has 0 amide bonds. The quantitative estimate of drug-likeness (QED) is 0.396. The van der Waals surface area contributed by atoms with E-state index in [0.717, 1.165) is 25.0 Å². The smallest absolute Gasteiger partial charge is 0.305 e. The van der Waals surface area contributed by atoms with Crippen molar-refractivity contribution in [3.63, 3.8) is 0 Å². The first-order chi connectivity index (χ1) is 9.16. The van der Waals surface area contributed by atoms with Crippen LogP contribution in [0.3, 0.4) is 0 Å². The monoisotopic (exact) mass is 288 g/mol. The van der Waals surface area contributed by atoms with Crippen LogP contribution in [-0.2, 0) is 14.3 Å². The van der Waals surface area contributed by atoms with Gasteiger partial charge < -0.3 is 4.74 Å². The van der Waals surface area contributed by atoms with Gasteiger partial charge in [-0.3, -0.25) is 9.59 Å². The third-order valence-electron chi connectivity index (χ3n) is 2.89. The molecule has 0 bridgehead atoms. The zero-order valence-corrected chi connectivity index (χ0v) is 13.2. The molecule has 0 spiro atoms. The first kappa shape index (κ1) is 18.5. The summed E-state index contributed by atoms with van der Waals surface area (Å²) in [6.45, 7) is 3.95. The number of hydrogen-bond donors (Lipinski definition) is 0. The normalized spacial score (nSPS) is 10.4. The number of carbonyl (C=O) groups is 2. The van der Waals surface area contributed by atoms with Crippen LogP contribution in [0.1, 0.15) is 71.6 Å². The van der Waals surface area contributed by atoms with Crippen LogP contribution < -0.4 is 0 Å². The lowest BCUT2D eigenvalue weighted by molar-refractivity contribution is -0.143. The molecule has 0 aromatic heterocycles. The molecule has 0 saturated heterocycles. The molecule has 0 aliphatic heterocycles. The van der Waals surface area contributed by atoms with E-state index in [-0.39, 0.29) is 11.1 Å². The summed E-state index contributed by atoms with van der Waals surface area (Å²) >= 11 is 1.43. The van der Waals surface area contributed by atoms with E-state index < -0.39 is 0 Å². The van der Waals surface area contributed by atoms with Crippen LogP contribution in [0, 0.1) is 0 Å². The van der Waals surface area contributed by atoms with Crippen molar-refractivity contribution in [1.82, 2.24) is 0 Å². The summed E-state index contributed by atoms with van der Waals surface area (Å²) in [5, 5.41) is 0.224. The van der Waals surface area contributed by atoms with Crippen LogP contribution in [0.25, 0.3) is 0 Å². The Morgan fingerprint density at radius 3 is 1.95 bits per heavy atom. The fraction of sp³-hybridized carbons (Fsp3) is 0.867. The standard InChI is InChI=1S/C15H28O3S/c1-3-18-15(17)12-10-8-6-4-5-7-9-11-13-19-14(2)16/h3-13H2,1-2H3. The molecule has 0 fully saturated rings. The van der Waals surface area contributed by atoms with Gasteiger partial charge in [-0.2, -0.15) is 0 Å². The van der Waals surface area contributed by atoms with E-state index in [4.69, 9.17) is 4.74 Å². The molecule has 0 aromatic carbocycles. The van der Waals surface area contributed by atoms with Gasteiger partial charge in [0.25, 0.3) is 0 Å². The Morgan fingerprint density at radius 2 is 1.42 bits per heavy atom. The molecule has 0 unspecified atom stereocenters. The van der Waals surface area contributed by atoms with E-state index in [1.165, 1.54) is 43.9 Å². The second-order valence-electron chi connectivity index (χ2n) is 4.72. The van der Waals surface area contributed by atoms with E-state index in [9.17, 15) is 9.59 Å². The van der Waals surface area contributed by atoms with Crippen LogP contribution in [0.15, 0.2) is 0 Å². The van der Waals surface area contributed by atoms with Crippen molar-refractivity contribution >= 4 is 22.8 Å². The molecule has 0 rings (SSSR count). The predicted molar refractivity (Wildman–Crippen MR) is 81.3 cm³/mol. The number of unbranched alkanes of at least 4 members (excludes halogenated alkanes) is 7. The number of ether oxygens (including phenoxy) is 1. The topological polar surface area (TPSA) is 43.4 Å². The maximum atomic E-state index is 11.1. The Bertz CT molecular complexity index is 242. The molecular formula is C15H28O3S. The molecule has 0 N–H and O–H groups in total. The van der Waals surface area contributed by atoms with Gasteiger partial charge in [-0.05, 0) is 19.8 Å². The lowest BCUT2D eigenvalue weighted by atomic mass is 10.1. The Labute approximate surface area is 121 Å². The zero-order valence-electron chi connectivity index (χ0n) is 12.4. The van der Waals surface area contributed by atoms with Crippen molar-refractivity contribution in [2.45, 2.75) is 71.6 Å². The molecule has 0 atom stereocenters. The molecule has 0 heterocycles. The molecule has 3 nitrogen and oxygen atoms in total. The fourth-order valence-electron chi connectivity index (χ4n) is 1.88. The van der Waals surface area contributed by atoms with Gasteiger partial charge in [0.1, 0.15) is 0 Å². The number of hydrogen-bond acceptors (Lipinski definition) is 4. The highest BCUT2D eigenvalue weighted by molar-refractivity contribution is 8.13. The van der Waals surface area contributed by atoms with Crippen LogP contribution in [-0.4, -0.2) is 23.4 Å². The number of carbonyl (C=O) groups excluding carboxylic acids is 2. The first-order valence-electron chi connectivity index (χ1n) is 7.45. The van der Waals surface area contributed by atoms with Gasteiger partial charge in [0.05, 0.1) is 6.61 Å². The maximum absolute atomic E-state index is 11.1. The minimum Gasteiger partial charge on any atom is -0.466 e. The van der Waals surface area contributed by atoms with E-state index in [1.54, 1.807) is 6.92 Å². The van der Waals surface area contributed by atoms with E-state index >= 15 is 0 Å². The third kappa shape index (κ3) is 15.4. The van der Waals surface area contributed by atoms with Gasteiger partial charge in [0.15, 0.2) is 5.12 Å². The summed E-state index contributed by atoms with van der Waals surface area (Å²) in [6.07, 6.45) is 10.0. The lowest BCUT2D eigenvalue weighted by Gasteiger charge is -2.03. The van der Waals surface area contributed by atoms with Gasteiger partial charge >= 0.3 is 5.97 Å². The molecular weight excluding hydrogens is 260 g/mol. The maximum Gasteiger partial charge on any atom is 0.305 e. The molecule has 0 radical (unpaired) electrons. The number of thioether (sulfide) groups is 1. The SMILES string of the molecule is CCOC(=O)CCCCCCCCCCSC(C)=O. The summed E-state index contributed by atoms with van der Waals surface area (Å²) < 4.78 is 4.88. The minimum atomic E-state index is -0.0644. The van der Waals surface area contributed by atoms with Crippen molar-refractivity contribution in [1.29, 1.82) is 0 Å². The highest BCUT2D eigenvalue weighted by Gasteiger charge is 2.00. The highest BCUT2D eigenvalue weighted by Crippen LogP contribution is 2.12. The summed E-state index contributed by atoms with van der Waals surface area (Å²) in [5.74, 6) is 0.903. The summed E-state index contributed by atoms with van der Waals surface area (Å²) in [5.41, 5.74) is 0.